The van der Waals surface area contributed by atoms with Crippen molar-refractivity contribution in [3.8, 4) is 0 Å². The van der Waals surface area contributed by atoms with E-state index in [1.807, 2.05) is 0 Å². The van der Waals surface area contributed by atoms with Gasteiger partial charge in [-0.2, -0.15) is 0 Å². The van der Waals surface area contributed by atoms with Gasteiger partial charge in [-0.05, 0) is 23.9 Å². The highest BCUT2D eigenvalue weighted by molar-refractivity contribution is 7.14. The molecule has 1 atom stereocenters. The van der Waals surface area contributed by atoms with Gasteiger partial charge in [0.2, 0.25) is 0 Å². The van der Waals surface area contributed by atoms with Crippen LogP contribution in [0.4, 0.5) is 0 Å². The molecule has 0 radical (unpaired) electrons. The van der Waals surface area contributed by atoms with E-state index in [1.54, 1.807) is 11.3 Å². The average molecular weight is 286 g/mol. The molecule has 0 aliphatic carbocycles. The molecule has 0 aromatic carbocycles. The normalized spacial score (nSPS) is 25.0. The van der Waals surface area contributed by atoms with Crippen LogP contribution in [0.15, 0.2) is 11.4 Å². The number of rotatable bonds is 3. The first-order valence-electron chi connectivity index (χ1n) is 6.67. The Morgan fingerprint density at radius 1 is 1.33 bits per heavy atom. The lowest BCUT2D eigenvalue weighted by molar-refractivity contribution is 0.0553. The minimum absolute atomic E-state index is 0.496. The zero-order valence-electron chi connectivity index (χ0n) is 10.7. The van der Waals surface area contributed by atoms with Crippen molar-refractivity contribution >= 4 is 22.9 Å². The summed E-state index contributed by atoms with van der Waals surface area (Å²) in [4.78, 5) is 5.20. The van der Waals surface area contributed by atoms with Gasteiger partial charge in [0, 0.05) is 51.4 Å². The van der Waals surface area contributed by atoms with Gasteiger partial charge in [0.1, 0.15) is 0 Å². The van der Waals surface area contributed by atoms with Crippen molar-refractivity contribution < 1.29 is 0 Å². The highest BCUT2D eigenvalue weighted by Gasteiger charge is 2.29. The lowest BCUT2D eigenvalue weighted by atomic mass is 10.1. The molecule has 0 amide bonds. The summed E-state index contributed by atoms with van der Waals surface area (Å²) in [5.74, 6) is 0. The number of nitrogens with one attached hydrogen (secondary N) is 1. The van der Waals surface area contributed by atoms with Gasteiger partial charge in [0.15, 0.2) is 0 Å². The third-order valence-corrected chi connectivity index (χ3v) is 5.35. The van der Waals surface area contributed by atoms with Gasteiger partial charge < -0.3 is 5.32 Å². The number of piperazine rings is 1. The highest BCUT2D eigenvalue weighted by atomic mass is 35.5. The molecule has 0 saturated carbocycles. The summed E-state index contributed by atoms with van der Waals surface area (Å²) in [5, 5.41) is 5.54. The van der Waals surface area contributed by atoms with E-state index in [4.69, 9.17) is 11.6 Å². The van der Waals surface area contributed by atoms with E-state index in [-0.39, 0.29) is 0 Å². The topological polar surface area (TPSA) is 18.5 Å². The Labute approximate surface area is 118 Å². The Morgan fingerprint density at radius 3 is 2.56 bits per heavy atom. The number of halogens is 1. The van der Waals surface area contributed by atoms with Crippen LogP contribution < -0.4 is 5.32 Å². The van der Waals surface area contributed by atoms with Crippen LogP contribution >= 0.6 is 22.9 Å². The van der Waals surface area contributed by atoms with Crippen molar-refractivity contribution in [2.45, 2.75) is 19.0 Å². The smallest absolute Gasteiger partial charge is 0.0931 e. The average Bonchev–Trinajstić information content (AvgIpc) is 2.74. The molecule has 100 valence electrons. The zero-order valence-corrected chi connectivity index (χ0v) is 12.3. The summed E-state index contributed by atoms with van der Waals surface area (Å²) < 4.78 is 0.899. The predicted molar refractivity (Wildman–Crippen MR) is 77.5 cm³/mol. The largest absolute Gasteiger partial charge is 0.314 e. The van der Waals surface area contributed by atoms with Crippen LogP contribution in [0.5, 0.6) is 0 Å². The summed E-state index contributed by atoms with van der Waals surface area (Å²) in [6.07, 6.45) is 0. The molecule has 2 aliphatic rings. The Kier molecular flexibility index (Phi) is 3.91. The Balaban J connectivity index is 1.55. The van der Waals surface area contributed by atoms with Gasteiger partial charge in [0.25, 0.3) is 0 Å². The number of hydrogen-bond donors (Lipinski definition) is 1. The second-order valence-electron chi connectivity index (χ2n) is 5.24. The minimum Gasteiger partial charge on any atom is -0.314 e. The third kappa shape index (κ3) is 2.58. The van der Waals surface area contributed by atoms with E-state index in [2.05, 4.69) is 33.5 Å². The third-order valence-electron chi connectivity index (χ3n) is 4.24. The molecule has 1 aromatic rings. The van der Waals surface area contributed by atoms with Crippen molar-refractivity contribution in [3.05, 3.63) is 21.3 Å². The van der Waals surface area contributed by atoms with Crippen molar-refractivity contribution in [3.63, 3.8) is 0 Å². The summed E-state index contributed by atoms with van der Waals surface area (Å²) in [6, 6.07) is 3.40. The van der Waals surface area contributed by atoms with Gasteiger partial charge >= 0.3 is 0 Å². The molecule has 0 spiro atoms. The van der Waals surface area contributed by atoms with E-state index in [1.165, 1.54) is 44.8 Å². The monoisotopic (exact) mass is 285 g/mol. The molecule has 18 heavy (non-hydrogen) atoms. The summed E-state index contributed by atoms with van der Waals surface area (Å²) in [5.41, 5.74) is 1.36. The van der Waals surface area contributed by atoms with Crippen LogP contribution in [0, 0.1) is 0 Å². The van der Waals surface area contributed by atoms with Gasteiger partial charge in [-0.15, -0.1) is 11.3 Å². The first-order chi connectivity index (χ1) is 8.74. The number of hydrogen-bond acceptors (Lipinski definition) is 4. The van der Waals surface area contributed by atoms with Crippen molar-refractivity contribution in [1.82, 2.24) is 15.1 Å². The molecule has 2 aliphatic heterocycles. The van der Waals surface area contributed by atoms with E-state index in [0.29, 0.717) is 6.04 Å². The van der Waals surface area contributed by atoms with E-state index in [0.717, 1.165) is 10.4 Å². The molecule has 5 heteroatoms. The molecule has 1 N–H and O–H groups in total. The fourth-order valence-corrected chi connectivity index (χ4v) is 3.75. The lowest BCUT2D eigenvalue weighted by Gasteiger charge is -2.44. The second-order valence-corrected chi connectivity index (χ2v) is 6.79. The quantitative estimate of drug-likeness (QED) is 0.917. The van der Waals surface area contributed by atoms with Crippen LogP contribution in [0.1, 0.15) is 18.5 Å². The van der Waals surface area contributed by atoms with Gasteiger partial charge in [-0.3, -0.25) is 9.80 Å². The molecule has 1 aromatic heterocycles. The molecule has 2 fully saturated rings. The Morgan fingerprint density at radius 2 is 2.06 bits per heavy atom. The Bertz CT molecular complexity index is 397. The number of nitrogens with zero attached hydrogens (tertiary/aromatic N) is 2. The van der Waals surface area contributed by atoms with Crippen LogP contribution in [-0.4, -0.2) is 55.1 Å². The van der Waals surface area contributed by atoms with E-state index in [9.17, 15) is 0 Å². The molecule has 3 rings (SSSR count). The summed E-state index contributed by atoms with van der Waals surface area (Å²) in [7, 11) is 0. The van der Waals surface area contributed by atoms with Gasteiger partial charge in [-0.25, -0.2) is 0 Å². The van der Waals surface area contributed by atoms with Crippen molar-refractivity contribution in [2.75, 3.05) is 39.3 Å². The van der Waals surface area contributed by atoms with Crippen LogP contribution in [0.3, 0.4) is 0 Å². The maximum absolute atomic E-state index is 6.02. The van der Waals surface area contributed by atoms with Gasteiger partial charge in [0.05, 0.1) is 4.34 Å². The molecule has 3 heterocycles. The maximum atomic E-state index is 6.02. The fraction of sp³-hybridized carbons (Fsp3) is 0.692. The molecule has 3 nitrogen and oxygen atoms in total. The van der Waals surface area contributed by atoms with Crippen LogP contribution in [0.25, 0.3) is 0 Å². The predicted octanol–water partition coefficient (Wildman–Crippen LogP) is 2.05. The van der Waals surface area contributed by atoms with Crippen LogP contribution in [-0.2, 0) is 0 Å². The standard InChI is InChI=1S/C13H20ClN3S/c1-10(11-6-13(14)18-9-11)16-2-4-17(5-3-16)12-7-15-8-12/h6,9-10,12,15H,2-5,7-8H2,1H3. The fourth-order valence-electron chi connectivity index (χ4n) is 2.77. The van der Waals surface area contributed by atoms with Crippen molar-refractivity contribution in [1.29, 1.82) is 0 Å². The number of thiophene rings is 1. The van der Waals surface area contributed by atoms with Crippen LogP contribution in [0.2, 0.25) is 4.34 Å². The molecule has 1 unspecified atom stereocenters. The first-order valence-corrected chi connectivity index (χ1v) is 7.92. The minimum atomic E-state index is 0.496. The molecular formula is C13H20ClN3S. The molecular weight excluding hydrogens is 266 g/mol. The zero-order chi connectivity index (χ0) is 12.5. The maximum Gasteiger partial charge on any atom is 0.0931 e. The van der Waals surface area contributed by atoms with E-state index >= 15 is 0 Å². The first kappa shape index (κ1) is 12.9. The van der Waals surface area contributed by atoms with E-state index < -0.39 is 0 Å². The van der Waals surface area contributed by atoms with Gasteiger partial charge in [-0.1, -0.05) is 11.6 Å². The lowest BCUT2D eigenvalue weighted by Crippen LogP contribution is -2.61. The van der Waals surface area contributed by atoms with Crippen molar-refractivity contribution in [2.24, 2.45) is 0 Å². The second kappa shape index (κ2) is 5.47. The highest BCUT2D eigenvalue weighted by Crippen LogP contribution is 2.29. The summed E-state index contributed by atoms with van der Waals surface area (Å²) in [6.45, 7) is 9.39. The molecule has 2 saturated heterocycles. The Hall–Kier alpha value is -0.130. The SMILES string of the molecule is CC(c1csc(Cl)c1)N1CCN(C2CNC2)CC1. The summed E-state index contributed by atoms with van der Waals surface area (Å²) >= 11 is 7.65. The molecule has 0 bridgehead atoms.